The summed E-state index contributed by atoms with van der Waals surface area (Å²) in [6.45, 7) is 1.46. The summed E-state index contributed by atoms with van der Waals surface area (Å²) in [7, 11) is 1.52. The summed E-state index contributed by atoms with van der Waals surface area (Å²) in [4.78, 5) is 31.7. The molecule has 1 aromatic carbocycles. The van der Waals surface area contributed by atoms with Gasteiger partial charge in [0.25, 0.3) is 5.91 Å². The number of hydrogen-bond acceptors (Lipinski definition) is 6. The Morgan fingerprint density at radius 2 is 1.85 bits per heavy atom. The number of methoxy groups -OCH3 is 1. The molecule has 0 aliphatic rings. The van der Waals surface area contributed by atoms with Crippen LogP contribution in [0, 0.1) is 0 Å². The Labute approximate surface area is 154 Å². The Hall–Kier alpha value is -3.26. The maximum atomic E-state index is 12.2. The summed E-state index contributed by atoms with van der Waals surface area (Å²) in [6.07, 6.45) is 1.45. The molecule has 0 aliphatic heterocycles. The topological polar surface area (TPSA) is 93.2 Å². The van der Waals surface area contributed by atoms with Gasteiger partial charge in [0.15, 0.2) is 5.13 Å². The maximum Gasteiger partial charge on any atom is 0.259 e. The lowest BCUT2D eigenvalue weighted by Crippen LogP contribution is -2.12. The van der Waals surface area contributed by atoms with Crippen molar-refractivity contribution >= 4 is 34.0 Å². The SMILES string of the molecule is COc1ccc(C(=O)Nc2nc(-c3ccc(NC(C)=O)cc3)cs2)cn1. The molecule has 0 unspecified atom stereocenters. The average molecular weight is 368 g/mol. The monoisotopic (exact) mass is 368 g/mol. The number of anilines is 2. The summed E-state index contributed by atoms with van der Waals surface area (Å²) >= 11 is 1.33. The normalized spacial score (nSPS) is 10.2. The fourth-order valence-electron chi connectivity index (χ4n) is 2.20. The van der Waals surface area contributed by atoms with Crippen LogP contribution >= 0.6 is 11.3 Å². The summed E-state index contributed by atoms with van der Waals surface area (Å²) in [5, 5.41) is 7.82. The molecule has 3 aromatic rings. The quantitative estimate of drug-likeness (QED) is 0.720. The van der Waals surface area contributed by atoms with Gasteiger partial charge in [0, 0.05) is 35.8 Å². The minimum Gasteiger partial charge on any atom is -0.481 e. The summed E-state index contributed by atoms with van der Waals surface area (Å²) in [6, 6.07) is 10.6. The van der Waals surface area contributed by atoms with Crippen LogP contribution in [0.3, 0.4) is 0 Å². The fourth-order valence-corrected chi connectivity index (χ4v) is 2.91. The third kappa shape index (κ3) is 4.22. The predicted octanol–water partition coefficient (Wildman–Crippen LogP) is 3.42. The third-order valence-corrected chi connectivity index (χ3v) is 4.19. The van der Waals surface area contributed by atoms with Crippen molar-refractivity contribution in [1.29, 1.82) is 0 Å². The molecule has 7 nitrogen and oxygen atoms in total. The molecule has 2 aromatic heterocycles. The first-order valence-corrected chi connectivity index (χ1v) is 8.58. The number of pyridine rings is 1. The highest BCUT2D eigenvalue weighted by molar-refractivity contribution is 7.14. The third-order valence-electron chi connectivity index (χ3n) is 3.43. The van der Waals surface area contributed by atoms with Crippen LogP contribution in [0.15, 0.2) is 48.0 Å². The van der Waals surface area contributed by atoms with Crippen LogP contribution in [0.2, 0.25) is 0 Å². The minimum absolute atomic E-state index is 0.121. The van der Waals surface area contributed by atoms with Gasteiger partial charge in [0.2, 0.25) is 11.8 Å². The Kier molecular flexibility index (Phi) is 5.23. The lowest BCUT2D eigenvalue weighted by molar-refractivity contribution is -0.114. The Bertz CT molecular complexity index is 920. The first kappa shape index (κ1) is 17.6. The number of nitrogens with zero attached hydrogens (tertiary/aromatic N) is 2. The highest BCUT2D eigenvalue weighted by Gasteiger charge is 2.11. The van der Waals surface area contributed by atoms with Crippen molar-refractivity contribution in [3.05, 3.63) is 53.5 Å². The van der Waals surface area contributed by atoms with Crippen molar-refractivity contribution in [3.63, 3.8) is 0 Å². The van der Waals surface area contributed by atoms with Gasteiger partial charge in [-0.2, -0.15) is 0 Å². The molecular weight excluding hydrogens is 352 g/mol. The zero-order valence-corrected chi connectivity index (χ0v) is 15.0. The van der Waals surface area contributed by atoms with Crippen LogP contribution in [0.25, 0.3) is 11.3 Å². The standard InChI is InChI=1S/C18H16N4O3S/c1-11(23)20-14-6-3-12(4-7-14)15-10-26-18(21-15)22-17(24)13-5-8-16(25-2)19-9-13/h3-10H,1-2H3,(H,20,23)(H,21,22,24). The maximum absolute atomic E-state index is 12.2. The number of hydrogen-bond donors (Lipinski definition) is 2. The number of nitrogens with one attached hydrogen (secondary N) is 2. The number of carbonyl (C=O) groups excluding carboxylic acids is 2. The second-order valence-corrected chi connectivity index (χ2v) is 6.20. The van der Waals surface area contributed by atoms with Gasteiger partial charge in [-0.1, -0.05) is 12.1 Å². The van der Waals surface area contributed by atoms with E-state index in [1.807, 2.05) is 17.5 Å². The van der Waals surface area contributed by atoms with Gasteiger partial charge < -0.3 is 10.1 Å². The lowest BCUT2D eigenvalue weighted by atomic mass is 10.1. The van der Waals surface area contributed by atoms with E-state index >= 15 is 0 Å². The molecule has 0 aliphatic carbocycles. The van der Waals surface area contributed by atoms with E-state index in [1.54, 1.807) is 24.3 Å². The van der Waals surface area contributed by atoms with E-state index in [0.717, 1.165) is 16.9 Å². The smallest absolute Gasteiger partial charge is 0.259 e. The van der Waals surface area contributed by atoms with Crippen LogP contribution < -0.4 is 15.4 Å². The van der Waals surface area contributed by atoms with Gasteiger partial charge in [-0.15, -0.1) is 11.3 Å². The molecule has 2 N–H and O–H groups in total. The van der Waals surface area contributed by atoms with Gasteiger partial charge in [-0.25, -0.2) is 9.97 Å². The van der Waals surface area contributed by atoms with Crippen LogP contribution in [-0.2, 0) is 4.79 Å². The van der Waals surface area contributed by atoms with E-state index < -0.39 is 0 Å². The first-order valence-electron chi connectivity index (χ1n) is 7.70. The molecule has 3 rings (SSSR count). The summed E-state index contributed by atoms with van der Waals surface area (Å²) < 4.78 is 4.97. The van der Waals surface area contributed by atoms with Crippen molar-refractivity contribution < 1.29 is 14.3 Å². The van der Waals surface area contributed by atoms with Gasteiger partial charge in [-0.3, -0.25) is 14.9 Å². The van der Waals surface area contributed by atoms with Gasteiger partial charge in [0.1, 0.15) is 0 Å². The van der Waals surface area contributed by atoms with Crippen LogP contribution in [0.5, 0.6) is 5.88 Å². The predicted molar refractivity (Wildman–Crippen MR) is 101 cm³/mol. The molecule has 0 saturated heterocycles. The molecule has 0 spiro atoms. The lowest BCUT2D eigenvalue weighted by Gasteiger charge is -2.03. The Balaban J connectivity index is 1.69. The molecule has 2 heterocycles. The van der Waals surface area contributed by atoms with Gasteiger partial charge in [0.05, 0.1) is 18.4 Å². The van der Waals surface area contributed by atoms with Gasteiger partial charge in [-0.05, 0) is 18.2 Å². The number of aromatic nitrogens is 2. The molecule has 2 amide bonds. The zero-order chi connectivity index (χ0) is 18.5. The van der Waals surface area contributed by atoms with E-state index in [2.05, 4.69) is 20.6 Å². The number of amides is 2. The molecule has 0 atom stereocenters. The van der Waals surface area contributed by atoms with E-state index in [4.69, 9.17) is 4.74 Å². The second kappa shape index (κ2) is 7.75. The molecule has 132 valence electrons. The van der Waals surface area contributed by atoms with Crippen molar-refractivity contribution in [2.24, 2.45) is 0 Å². The minimum atomic E-state index is -0.290. The first-order chi connectivity index (χ1) is 12.5. The second-order valence-electron chi connectivity index (χ2n) is 5.34. The number of thiazole rings is 1. The summed E-state index contributed by atoms with van der Waals surface area (Å²) in [5.74, 6) is 0.0345. The van der Waals surface area contributed by atoms with Crippen molar-refractivity contribution in [2.75, 3.05) is 17.7 Å². The average Bonchev–Trinajstić information content (AvgIpc) is 3.10. The number of benzene rings is 1. The molecule has 0 saturated carbocycles. The Morgan fingerprint density at radius 3 is 2.46 bits per heavy atom. The summed E-state index contributed by atoms with van der Waals surface area (Å²) in [5.41, 5.74) is 2.77. The van der Waals surface area contributed by atoms with Crippen LogP contribution in [0.1, 0.15) is 17.3 Å². The van der Waals surface area contributed by atoms with E-state index in [9.17, 15) is 9.59 Å². The largest absolute Gasteiger partial charge is 0.481 e. The highest BCUT2D eigenvalue weighted by atomic mass is 32.1. The molecule has 0 radical (unpaired) electrons. The van der Waals surface area contributed by atoms with Crippen molar-refractivity contribution in [3.8, 4) is 17.1 Å². The van der Waals surface area contributed by atoms with Crippen LogP contribution in [-0.4, -0.2) is 28.9 Å². The van der Waals surface area contributed by atoms with E-state index in [1.165, 1.54) is 31.6 Å². The Morgan fingerprint density at radius 1 is 1.08 bits per heavy atom. The number of carbonyl (C=O) groups is 2. The number of rotatable bonds is 5. The fraction of sp³-hybridized carbons (Fsp3) is 0.111. The molecule has 8 heteroatoms. The van der Waals surface area contributed by atoms with Crippen molar-refractivity contribution in [2.45, 2.75) is 6.92 Å². The highest BCUT2D eigenvalue weighted by Crippen LogP contribution is 2.26. The molecule has 0 fully saturated rings. The zero-order valence-electron chi connectivity index (χ0n) is 14.1. The van der Waals surface area contributed by atoms with Gasteiger partial charge >= 0.3 is 0 Å². The van der Waals surface area contributed by atoms with E-state index in [0.29, 0.717) is 16.6 Å². The van der Waals surface area contributed by atoms with Crippen molar-refractivity contribution in [1.82, 2.24) is 9.97 Å². The van der Waals surface area contributed by atoms with E-state index in [-0.39, 0.29) is 11.8 Å². The molecular formula is C18H16N4O3S. The molecule has 0 bridgehead atoms. The number of ether oxygens (including phenoxy) is 1. The van der Waals surface area contributed by atoms with Crippen LogP contribution in [0.4, 0.5) is 10.8 Å². The molecule has 26 heavy (non-hydrogen) atoms.